The summed E-state index contributed by atoms with van der Waals surface area (Å²) in [4.78, 5) is 5.03. The number of hydrogen-bond acceptors (Lipinski definition) is 2. The van der Waals surface area contributed by atoms with Crippen molar-refractivity contribution in [3.63, 3.8) is 0 Å². The van der Waals surface area contributed by atoms with E-state index in [1.165, 1.54) is 62.7 Å². The molecule has 0 aromatic heterocycles. The highest BCUT2D eigenvalue weighted by molar-refractivity contribution is 5.24. The fourth-order valence-electron chi connectivity index (χ4n) is 3.83. The number of nitrogens with zero attached hydrogens (tertiary/aromatic N) is 2. The summed E-state index contributed by atoms with van der Waals surface area (Å²) >= 11 is 0. The molecule has 2 saturated heterocycles. The van der Waals surface area contributed by atoms with E-state index in [0.717, 1.165) is 12.1 Å². The van der Waals surface area contributed by atoms with Gasteiger partial charge in [0.1, 0.15) is 0 Å². The lowest BCUT2D eigenvalue weighted by Crippen LogP contribution is -2.27. The Hall–Kier alpha value is -0.860. The molecule has 3 rings (SSSR count). The van der Waals surface area contributed by atoms with Gasteiger partial charge in [0.2, 0.25) is 0 Å². The fourth-order valence-corrected chi connectivity index (χ4v) is 3.83. The van der Waals surface area contributed by atoms with Crippen LogP contribution in [0, 0.1) is 0 Å². The Labute approximate surface area is 123 Å². The van der Waals surface area contributed by atoms with Crippen LogP contribution in [0.25, 0.3) is 0 Å². The predicted octanol–water partition coefficient (Wildman–Crippen LogP) is 2.96. The van der Waals surface area contributed by atoms with E-state index < -0.39 is 0 Å². The van der Waals surface area contributed by atoms with Crippen LogP contribution >= 0.6 is 0 Å². The van der Waals surface area contributed by atoms with Gasteiger partial charge in [-0.2, -0.15) is 0 Å². The molecule has 2 nitrogen and oxygen atoms in total. The van der Waals surface area contributed by atoms with Crippen molar-refractivity contribution in [3.8, 4) is 0 Å². The Morgan fingerprint density at radius 2 is 1.20 bits per heavy atom. The predicted molar refractivity (Wildman–Crippen MR) is 85.2 cm³/mol. The zero-order chi connectivity index (χ0) is 13.9. The minimum absolute atomic E-state index is 0.766. The topological polar surface area (TPSA) is 6.48 Å². The zero-order valence-electron chi connectivity index (χ0n) is 13.0. The van der Waals surface area contributed by atoms with Crippen LogP contribution in [0.15, 0.2) is 24.3 Å². The van der Waals surface area contributed by atoms with E-state index in [1.807, 2.05) is 0 Å². The molecule has 1 aromatic rings. The summed E-state index contributed by atoms with van der Waals surface area (Å²) in [6, 6.07) is 11.0. The van der Waals surface area contributed by atoms with Gasteiger partial charge < -0.3 is 9.80 Å². The minimum atomic E-state index is 0.766. The second-order valence-corrected chi connectivity index (χ2v) is 6.78. The summed E-state index contributed by atoms with van der Waals surface area (Å²) in [5, 5.41) is 0. The number of benzene rings is 1. The van der Waals surface area contributed by atoms with Crippen LogP contribution in [0.4, 0.5) is 0 Å². The normalized spacial score (nSPS) is 28.3. The van der Waals surface area contributed by atoms with E-state index in [9.17, 15) is 0 Å². The van der Waals surface area contributed by atoms with Gasteiger partial charge in [0.15, 0.2) is 0 Å². The molecule has 2 aliphatic rings. The molecule has 2 fully saturated rings. The van der Waals surface area contributed by atoms with E-state index in [2.05, 4.69) is 48.2 Å². The van der Waals surface area contributed by atoms with Crippen LogP contribution in [-0.4, -0.2) is 49.1 Å². The highest BCUT2D eigenvalue weighted by Gasteiger charge is 2.22. The maximum atomic E-state index is 2.52. The molecule has 0 radical (unpaired) electrons. The SMILES string of the molecule is CN1CCCC1Cc1ccc(CC2CCCN2C)cc1. The van der Waals surface area contributed by atoms with Crippen molar-refractivity contribution in [3.05, 3.63) is 35.4 Å². The Kier molecular flexibility index (Phi) is 4.42. The van der Waals surface area contributed by atoms with Gasteiger partial charge in [-0.05, 0) is 76.8 Å². The summed E-state index contributed by atoms with van der Waals surface area (Å²) in [5.74, 6) is 0. The first kappa shape index (κ1) is 14.1. The van der Waals surface area contributed by atoms with Crippen LogP contribution in [0.5, 0.6) is 0 Å². The number of hydrogen-bond donors (Lipinski definition) is 0. The lowest BCUT2D eigenvalue weighted by atomic mass is 9.99. The Morgan fingerprint density at radius 1 is 0.800 bits per heavy atom. The van der Waals surface area contributed by atoms with Crippen molar-refractivity contribution in [2.24, 2.45) is 0 Å². The summed E-state index contributed by atoms with van der Waals surface area (Å²) < 4.78 is 0. The van der Waals surface area contributed by atoms with Crippen LogP contribution in [0.1, 0.15) is 36.8 Å². The molecule has 2 unspecified atom stereocenters. The summed E-state index contributed by atoms with van der Waals surface area (Å²) in [7, 11) is 4.53. The highest BCUT2D eigenvalue weighted by Crippen LogP contribution is 2.22. The van der Waals surface area contributed by atoms with Crippen molar-refractivity contribution in [1.29, 1.82) is 0 Å². The van der Waals surface area contributed by atoms with Crippen molar-refractivity contribution in [2.75, 3.05) is 27.2 Å². The van der Waals surface area contributed by atoms with Gasteiger partial charge in [-0.3, -0.25) is 0 Å². The molecule has 2 atom stereocenters. The van der Waals surface area contributed by atoms with E-state index in [4.69, 9.17) is 0 Å². The van der Waals surface area contributed by atoms with Gasteiger partial charge in [0.25, 0.3) is 0 Å². The molecule has 0 saturated carbocycles. The fraction of sp³-hybridized carbons (Fsp3) is 0.667. The van der Waals surface area contributed by atoms with E-state index in [1.54, 1.807) is 0 Å². The quantitative estimate of drug-likeness (QED) is 0.831. The average Bonchev–Trinajstić information content (AvgIpc) is 3.02. The van der Waals surface area contributed by atoms with Crippen molar-refractivity contribution < 1.29 is 0 Å². The molecule has 0 spiro atoms. The number of likely N-dealkylation sites (N-methyl/N-ethyl adjacent to an activating group) is 2. The Morgan fingerprint density at radius 3 is 1.50 bits per heavy atom. The Bertz CT molecular complexity index is 385. The molecule has 2 heterocycles. The van der Waals surface area contributed by atoms with Crippen LogP contribution in [-0.2, 0) is 12.8 Å². The third-order valence-corrected chi connectivity index (χ3v) is 5.31. The van der Waals surface area contributed by atoms with Crippen LogP contribution in [0.2, 0.25) is 0 Å². The van der Waals surface area contributed by atoms with E-state index in [0.29, 0.717) is 0 Å². The van der Waals surface area contributed by atoms with Crippen LogP contribution < -0.4 is 0 Å². The average molecular weight is 272 g/mol. The molecule has 20 heavy (non-hydrogen) atoms. The number of likely N-dealkylation sites (tertiary alicyclic amines) is 2. The third-order valence-electron chi connectivity index (χ3n) is 5.31. The molecule has 0 amide bonds. The van der Waals surface area contributed by atoms with Crippen LogP contribution in [0.3, 0.4) is 0 Å². The molecule has 2 aliphatic heterocycles. The standard InChI is InChI=1S/C18H28N2/c1-19-11-3-5-17(19)13-15-7-9-16(10-8-15)14-18-6-4-12-20(18)2/h7-10,17-18H,3-6,11-14H2,1-2H3. The smallest absolute Gasteiger partial charge is 0.0133 e. The summed E-state index contributed by atoms with van der Waals surface area (Å²) in [6.45, 7) is 2.55. The third kappa shape index (κ3) is 3.24. The van der Waals surface area contributed by atoms with Crippen molar-refractivity contribution >= 4 is 0 Å². The maximum absolute atomic E-state index is 2.52. The maximum Gasteiger partial charge on any atom is 0.0133 e. The van der Waals surface area contributed by atoms with Crippen molar-refractivity contribution in [1.82, 2.24) is 9.80 Å². The highest BCUT2D eigenvalue weighted by atomic mass is 15.1. The lowest BCUT2D eigenvalue weighted by Gasteiger charge is -2.20. The van der Waals surface area contributed by atoms with E-state index >= 15 is 0 Å². The summed E-state index contributed by atoms with van der Waals surface area (Å²) in [6.07, 6.45) is 7.91. The van der Waals surface area contributed by atoms with Gasteiger partial charge in [0, 0.05) is 12.1 Å². The van der Waals surface area contributed by atoms with Crippen molar-refractivity contribution in [2.45, 2.75) is 50.6 Å². The molecule has 0 bridgehead atoms. The largest absolute Gasteiger partial charge is 0.303 e. The van der Waals surface area contributed by atoms with Gasteiger partial charge in [-0.15, -0.1) is 0 Å². The van der Waals surface area contributed by atoms with Gasteiger partial charge in [-0.1, -0.05) is 24.3 Å². The first-order valence-corrected chi connectivity index (χ1v) is 8.20. The minimum Gasteiger partial charge on any atom is -0.303 e. The Balaban J connectivity index is 1.57. The van der Waals surface area contributed by atoms with Gasteiger partial charge >= 0.3 is 0 Å². The van der Waals surface area contributed by atoms with Gasteiger partial charge in [0.05, 0.1) is 0 Å². The summed E-state index contributed by atoms with van der Waals surface area (Å²) in [5.41, 5.74) is 3.01. The molecule has 0 N–H and O–H groups in total. The van der Waals surface area contributed by atoms with E-state index in [-0.39, 0.29) is 0 Å². The first-order valence-electron chi connectivity index (χ1n) is 8.20. The first-order chi connectivity index (χ1) is 9.72. The molecule has 110 valence electrons. The second-order valence-electron chi connectivity index (χ2n) is 6.78. The second kappa shape index (κ2) is 6.28. The molecular formula is C18H28N2. The monoisotopic (exact) mass is 272 g/mol. The zero-order valence-corrected chi connectivity index (χ0v) is 13.0. The number of rotatable bonds is 4. The molecular weight excluding hydrogens is 244 g/mol. The lowest BCUT2D eigenvalue weighted by molar-refractivity contribution is 0.308. The molecule has 1 aromatic carbocycles. The molecule has 2 heteroatoms. The molecule has 0 aliphatic carbocycles. The van der Waals surface area contributed by atoms with Gasteiger partial charge in [-0.25, -0.2) is 0 Å².